The molecular weight excluding hydrogens is 382 g/mol. The number of phenols is 1. The highest BCUT2D eigenvalue weighted by atomic mass is 16.3. The van der Waals surface area contributed by atoms with Gasteiger partial charge in [0.15, 0.2) is 0 Å². The average Bonchev–Trinajstić information content (AvgIpc) is 3.32. The highest BCUT2D eigenvalue weighted by molar-refractivity contribution is 5.56. The lowest BCUT2D eigenvalue weighted by Crippen LogP contribution is -2.34. The van der Waals surface area contributed by atoms with E-state index in [0.29, 0.717) is 17.6 Å². The molecule has 0 aromatic heterocycles. The van der Waals surface area contributed by atoms with Gasteiger partial charge in [-0.15, -0.1) is 0 Å². The van der Waals surface area contributed by atoms with Gasteiger partial charge in [0.25, 0.3) is 0 Å². The summed E-state index contributed by atoms with van der Waals surface area (Å²) in [5.74, 6) is 2.64. The van der Waals surface area contributed by atoms with Crippen LogP contribution in [0.1, 0.15) is 74.0 Å². The predicted molar refractivity (Wildman–Crippen MR) is 126 cm³/mol. The Morgan fingerprint density at radius 1 is 0.935 bits per heavy atom. The topological polar surface area (TPSA) is 40.5 Å². The second-order valence-corrected chi connectivity index (χ2v) is 10.1. The number of hydrogen-bond acceptors (Lipinski definition) is 3. The number of aryl methyl sites for hydroxylation is 1. The number of rotatable bonds is 5. The molecule has 1 aliphatic heterocycles. The number of nitrogens with zero attached hydrogens (tertiary/aromatic N) is 1. The van der Waals surface area contributed by atoms with Crippen molar-refractivity contribution in [3.8, 4) is 5.75 Å². The third-order valence-electron chi connectivity index (χ3n) is 8.18. The summed E-state index contributed by atoms with van der Waals surface area (Å²) in [6.45, 7) is 1.94. The Kier molecular flexibility index (Phi) is 6.02. The van der Waals surface area contributed by atoms with Gasteiger partial charge in [-0.3, -0.25) is 0 Å². The molecule has 1 N–H and O–H groups in total. The van der Waals surface area contributed by atoms with Crippen molar-refractivity contribution in [3.05, 3.63) is 59.2 Å². The Hall–Kier alpha value is -2.29. The van der Waals surface area contributed by atoms with Gasteiger partial charge in [0.1, 0.15) is 12.0 Å². The summed E-state index contributed by atoms with van der Waals surface area (Å²) in [6.07, 6.45) is 12.3. The molecule has 3 aliphatic rings. The van der Waals surface area contributed by atoms with Crippen molar-refractivity contribution < 1.29 is 9.90 Å². The number of carbonyl (C=O) groups excluding carboxylic acids is 1. The molecule has 5 rings (SSSR count). The standard InChI is InChI=1S/C28H35NO2/c30-19-21-13-15-29(16-14-21)25-9-7-22(8-10-25)28-24(17-20-3-1-2-4-20)6-5-23-18-26(31)11-12-27(23)28/h7-12,18-21,24,28,31H,1-6,13-17H2/t24-,28+/m0/s1. The molecule has 0 amide bonds. The van der Waals surface area contributed by atoms with Crippen LogP contribution in [-0.4, -0.2) is 24.5 Å². The Labute approximate surface area is 186 Å². The third-order valence-corrected chi connectivity index (χ3v) is 8.18. The maximum Gasteiger partial charge on any atom is 0.123 e. The van der Waals surface area contributed by atoms with Crippen LogP contribution in [0.15, 0.2) is 42.5 Å². The molecule has 0 unspecified atom stereocenters. The van der Waals surface area contributed by atoms with E-state index in [1.165, 1.54) is 60.9 Å². The number of phenolic OH excluding ortho intramolecular Hbond substituents is 1. The molecule has 0 radical (unpaired) electrons. The monoisotopic (exact) mass is 417 g/mol. The van der Waals surface area contributed by atoms with Gasteiger partial charge >= 0.3 is 0 Å². The minimum absolute atomic E-state index is 0.238. The number of hydrogen-bond donors (Lipinski definition) is 1. The lowest BCUT2D eigenvalue weighted by molar-refractivity contribution is -0.111. The van der Waals surface area contributed by atoms with Crippen LogP contribution in [0.3, 0.4) is 0 Å². The molecule has 1 heterocycles. The van der Waals surface area contributed by atoms with Crippen LogP contribution in [0.2, 0.25) is 0 Å². The zero-order chi connectivity index (χ0) is 21.2. The molecule has 31 heavy (non-hydrogen) atoms. The molecule has 3 heteroatoms. The van der Waals surface area contributed by atoms with E-state index in [0.717, 1.165) is 44.6 Å². The first kappa shape index (κ1) is 20.6. The summed E-state index contributed by atoms with van der Waals surface area (Å²) in [6, 6.07) is 15.3. The van der Waals surface area contributed by atoms with Gasteiger partial charge in [0, 0.05) is 30.6 Å². The van der Waals surface area contributed by atoms with E-state index in [1.54, 1.807) is 0 Å². The number of aromatic hydroxyl groups is 1. The van der Waals surface area contributed by atoms with Crippen molar-refractivity contribution in [2.45, 2.75) is 63.7 Å². The maximum absolute atomic E-state index is 11.1. The van der Waals surface area contributed by atoms with Gasteiger partial charge in [0.2, 0.25) is 0 Å². The number of piperidine rings is 1. The van der Waals surface area contributed by atoms with E-state index < -0.39 is 0 Å². The van der Waals surface area contributed by atoms with Gasteiger partial charge in [-0.1, -0.05) is 43.9 Å². The van der Waals surface area contributed by atoms with E-state index in [1.807, 2.05) is 12.1 Å². The number of benzene rings is 2. The minimum Gasteiger partial charge on any atom is -0.508 e. The van der Waals surface area contributed by atoms with Crippen molar-refractivity contribution in [1.29, 1.82) is 0 Å². The summed E-state index contributed by atoms with van der Waals surface area (Å²) in [7, 11) is 0. The average molecular weight is 418 g/mol. The van der Waals surface area contributed by atoms with Crippen LogP contribution in [0.5, 0.6) is 5.75 Å². The maximum atomic E-state index is 11.1. The molecule has 1 saturated carbocycles. The molecule has 1 saturated heterocycles. The Morgan fingerprint density at radius 3 is 2.39 bits per heavy atom. The first-order valence-electron chi connectivity index (χ1n) is 12.3. The second kappa shape index (κ2) is 9.06. The van der Waals surface area contributed by atoms with Crippen LogP contribution < -0.4 is 4.90 Å². The molecule has 2 fully saturated rings. The van der Waals surface area contributed by atoms with Gasteiger partial charge < -0.3 is 14.8 Å². The lowest BCUT2D eigenvalue weighted by atomic mass is 9.69. The Bertz CT molecular complexity index is 892. The minimum atomic E-state index is 0.238. The lowest BCUT2D eigenvalue weighted by Gasteiger charge is -2.36. The fraction of sp³-hybridized carbons (Fsp3) is 0.536. The van der Waals surface area contributed by atoms with Crippen molar-refractivity contribution >= 4 is 12.0 Å². The fourth-order valence-corrected chi connectivity index (χ4v) is 6.44. The molecule has 0 bridgehead atoms. The number of anilines is 1. The van der Waals surface area contributed by atoms with Crippen LogP contribution in [0, 0.1) is 17.8 Å². The van der Waals surface area contributed by atoms with E-state index in [-0.39, 0.29) is 5.92 Å². The highest BCUT2D eigenvalue weighted by Crippen LogP contribution is 2.46. The van der Waals surface area contributed by atoms with E-state index in [9.17, 15) is 9.90 Å². The normalized spacial score (nSPS) is 24.8. The molecule has 2 aliphatic carbocycles. The number of fused-ring (bicyclic) bond motifs is 1. The van der Waals surface area contributed by atoms with Crippen molar-refractivity contribution in [2.24, 2.45) is 17.8 Å². The zero-order valence-electron chi connectivity index (χ0n) is 18.5. The number of carbonyl (C=O) groups is 1. The van der Waals surface area contributed by atoms with Crippen LogP contribution in [-0.2, 0) is 11.2 Å². The quantitative estimate of drug-likeness (QED) is 0.599. The summed E-state index contributed by atoms with van der Waals surface area (Å²) in [4.78, 5) is 13.5. The summed E-state index contributed by atoms with van der Waals surface area (Å²) in [5.41, 5.74) is 5.45. The van der Waals surface area contributed by atoms with Gasteiger partial charge in [-0.25, -0.2) is 0 Å². The van der Waals surface area contributed by atoms with Gasteiger partial charge in [0.05, 0.1) is 0 Å². The predicted octanol–water partition coefficient (Wildman–Crippen LogP) is 6.08. The Balaban J connectivity index is 1.40. The molecular formula is C28H35NO2. The third kappa shape index (κ3) is 4.37. The van der Waals surface area contributed by atoms with Crippen molar-refractivity contribution in [1.82, 2.24) is 0 Å². The Morgan fingerprint density at radius 2 is 1.68 bits per heavy atom. The molecule has 2 atom stereocenters. The van der Waals surface area contributed by atoms with Crippen molar-refractivity contribution in [2.75, 3.05) is 18.0 Å². The number of aldehydes is 1. The van der Waals surface area contributed by atoms with E-state index in [4.69, 9.17) is 0 Å². The van der Waals surface area contributed by atoms with E-state index in [2.05, 4.69) is 35.2 Å². The van der Waals surface area contributed by atoms with E-state index >= 15 is 0 Å². The van der Waals surface area contributed by atoms with Gasteiger partial charge in [-0.2, -0.15) is 0 Å². The summed E-state index contributed by atoms with van der Waals surface area (Å²) >= 11 is 0. The largest absolute Gasteiger partial charge is 0.508 e. The van der Waals surface area contributed by atoms with Crippen molar-refractivity contribution in [3.63, 3.8) is 0 Å². The van der Waals surface area contributed by atoms with Crippen LogP contribution >= 0.6 is 0 Å². The van der Waals surface area contributed by atoms with Crippen LogP contribution in [0.4, 0.5) is 5.69 Å². The highest BCUT2D eigenvalue weighted by Gasteiger charge is 2.33. The molecule has 0 spiro atoms. The summed E-state index contributed by atoms with van der Waals surface area (Å²) < 4.78 is 0. The smallest absolute Gasteiger partial charge is 0.123 e. The summed E-state index contributed by atoms with van der Waals surface area (Å²) in [5, 5.41) is 10.0. The first-order valence-corrected chi connectivity index (χ1v) is 12.3. The molecule has 164 valence electrons. The molecule has 2 aromatic rings. The second-order valence-electron chi connectivity index (χ2n) is 10.1. The van der Waals surface area contributed by atoms with Gasteiger partial charge in [-0.05, 0) is 84.9 Å². The molecule has 2 aromatic carbocycles. The fourth-order valence-electron chi connectivity index (χ4n) is 6.44. The SMILES string of the molecule is O=CC1CCN(c2ccc([C@H]3c4ccc(O)cc4CC[C@H]3CC3CCCC3)cc2)CC1. The van der Waals surface area contributed by atoms with Crippen LogP contribution in [0.25, 0.3) is 0 Å². The zero-order valence-corrected chi connectivity index (χ0v) is 18.5. The molecule has 3 nitrogen and oxygen atoms in total. The first-order chi connectivity index (χ1) is 15.2.